The Morgan fingerprint density at radius 1 is 1.35 bits per heavy atom. The molecule has 0 amide bonds. The lowest BCUT2D eigenvalue weighted by Gasteiger charge is -2.05. The van der Waals surface area contributed by atoms with Crippen molar-refractivity contribution in [2.45, 2.75) is 0 Å². The van der Waals surface area contributed by atoms with E-state index in [-0.39, 0.29) is 10.7 Å². The molecule has 1 N–H and O–H groups in total. The highest BCUT2D eigenvalue weighted by Crippen LogP contribution is 2.26. The molecular formula is C12H7ClFNO2. The number of halogens is 2. The number of hydrogen-bond donors (Lipinski definition) is 1. The summed E-state index contributed by atoms with van der Waals surface area (Å²) in [5, 5.41) is 9.18. The van der Waals surface area contributed by atoms with E-state index in [9.17, 15) is 9.18 Å². The first kappa shape index (κ1) is 11.5. The van der Waals surface area contributed by atoms with Crippen LogP contribution in [0.4, 0.5) is 4.39 Å². The van der Waals surface area contributed by atoms with E-state index in [0.717, 1.165) is 6.07 Å². The van der Waals surface area contributed by atoms with Crippen molar-refractivity contribution >= 4 is 17.6 Å². The molecule has 86 valence electrons. The number of carboxylic acids is 1. The maximum absolute atomic E-state index is 13.2. The number of pyridine rings is 1. The highest BCUT2D eigenvalue weighted by Gasteiger charge is 2.13. The van der Waals surface area contributed by atoms with Gasteiger partial charge in [0.05, 0.1) is 0 Å². The Kier molecular flexibility index (Phi) is 3.06. The number of nitrogens with zero attached hydrogens (tertiary/aromatic N) is 1. The van der Waals surface area contributed by atoms with Crippen molar-refractivity contribution in [3.8, 4) is 11.1 Å². The minimum atomic E-state index is -1.17. The second-order valence-electron chi connectivity index (χ2n) is 3.36. The summed E-state index contributed by atoms with van der Waals surface area (Å²) in [4.78, 5) is 14.7. The summed E-state index contributed by atoms with van der Waals surface area (Å²) in [6, 6.07) is 7.01. The molecule has 0 aliphatic rings. The zero-order valence-electron chi connectivity index (χ0n) is 8.52. The molecule has 0 saturated heterocycles. The van der Waals surface area contributed by atoms with Crippen LogP contribution in [-0.4, -0.2) is 16.1 Å². The van der Waals surface area contributed by atoms with Crippen LogP contribution in [0.3, 0.4) is 0 Å². The van der Waals surface area contributed by atoms with Crippen molar-refractivity contribution in [2.75, 3.05) is 0 Å². The van der Waals surface area contributed by atoms with Gasteiger partial charge < -0.3 is 5.11 Å². The molecule has 2 aromatic rings. The van der Waals surface area contributed by atoms with Crippen LogP contribution in [0.1, 0.15) is 10.5 Å². The van der Waals surface area contributed by atoms with E-state index in [0.29, 0.717) is 11.1 Å². The lowest BCUT2D eigenvalue weighted by molar-refractivity contribution is 0.0691. The minimum Gasteiger partial charge on any atom is -0.476 e. The van der Waals surface area contributed by atoms with E-state index in [1.165, 1.54) is 18.3 Å². The zero-order chi connectivity index (χ0) is 12.4. The van der Waals surface area contributed by atoms with Crippen LogP contribution in [0, 0.1) is 5.82 Å². The Balaban J connectivity index is 2.64. The van der Waals surface area contributed by atoms with Gasteiger partial charge >= 0.3 is 5.97 Å². The molecule has 2 rings (SSSR count). The van der Waals surface area contributed by atoms with E-state index in [4.69, 9.17) is 16.7 Å². The number of benzene rings is 1. The van der Waals surface area contributed by atoms with E-state index in [1.807, 2.05) is 0 Å². The minimum absolute atomic E-state index is 0.130. The van der Waals surface area contributed by atoms with E-state index < -0.39 is 11.8 Å². The molecule has 3 nitrogen and oxygen atoms in total. The highest BCUT2D eigenvalue weighted by atomic mass is 35.5. The Labute approximate surface area is 101 Å². The lowest BCUT2D eigenvalue weighted by atomic mass is 10.0. The largest absolute Gasteiger partial charge is 0.476 e. The summed E-state index contributed by atoms with van der Waals surface area (Å²) in [7, 11) is 0. The van der Waals surface area contributed by atoms with Gasteiger partial charge in [-0.3, -0.25) is 0 Å². The van der Waals surface area contributed by atoms with Crippen molar-refractivity contribution in [1.29, 1.82) is 0 Å². The molecule has 0 unspecified atom stereocenters. The van der Waals surface area contributed by atoms with Gasteiger partial charge in [0, 0.05) is 16.8 Å². The normalized spacial score (nSPS) is 10.2. The second-order valence-corrected chi connectivity index (χ2v) is 3.80. The topological polar surface area (TPSA) is 50.2 Å². The first-order chi connectivity index (χ1) is 8.08. The van der Waals surface area contributed by atoms with Crippen LogP contribution >= 0.6 is 11.6 Å². The smallest absolute Gasteiger partial charge is 0.355 e. The van der Waals surface area contributed by atoms with Gasteiger partial charge in [0.2, 0.25) is 0 Å². The summed E-state index contributed by atoms with van der Waals surface area (Å²) in [5.41, 5.74) is 0.594. The van der Waals surface area contributed by atoms with E-state index in [2.05, 4.69) is 4.98 Å². The maximum Gasteiger partial charge on any atom is 0.355 e. The highest BCUT2D eigenvalue weighted by molar-refractivity contribution is 6.30. The molecule has 0 bridgehead atoms. The third-order valence-corrected chi connectivity index (χ3v) is 2.40. The first-order valence-electron chi connectivity index (χ1n) is 4.72. The SMILES string of the molecule is O=C(O)c1ncccc1-c1cc(F)cc(Cl)c1. The summed E-state index contributed by atoms with van der Waals surface area (Å²) in [6.45, 7) is 0. The van der Waals surface area contributed by atoms with Crippen molar-refractivity contribution < 1.29 is 14.3 Å². The van der Waals surface area contributed by atoms with Gasteiger partial charge in [0.25, 0.3) is 0 Å². The molecule has 0 aliphatic heterocycles. The second kappa shape index (κ2) is 4.51. The predicted molar refractivity (Wildman–Crippen MR) is 61.6 cm³/mol. The summed E-state index contributed by atoms with van der Waals surface area (Å²) in [6.07, 6.45) is 1.37. The molecule has 5 heteroatoms. The van der Waals surface area contributed by atoms with Gasteiger partial charge in [-0.15, -0.1) is 0 Å². The molecule has 1 aromatic carbocycles. The van der Waals surface area contributed by atoms with Crippen LogP contribution in [0.5, 0.6) is 0 Å². The van der Waals surface area contributed by atoms with Crippen molar-refractivity contribution in [3.05, 3.63) is 53.1 Å². The van der Waals surface area contributed by atoms with Gasteiger partial charge in [-0.05, 0) is 29.8 Å². The number of carbonyl (C=O) groups is 1. The Bertz CT molecular complexity index is 566. The molecular weight excluding hydrogens is 245 g/mol. The van der Waals surface area contributed by atoms with Crippen molar-refractivity contribution in [2.24, 2.45) is 0 Å². The fourth-order valence-electron chi connectivity index (χ4n) is 1.52. The fourth-order valence-corrected chi connectivity index (χ4v) is 1.74. The Hall–Kier alpha value is -1.94. The van der Waals surface area contributed by atoms with Crippen molar-refractivity contribution in [3.63, 3.8) is 0 Å². The standard InChI is InChI=1S/C12H7ClFNO2/c13-8-4-7(5-9(14)6-8)10-2-1-3-15-11(10)12(16)17/h1-6H,(H,16,17). The molecule has 1 aromatic heterocycles. The Morgan fingerprint density at radius 3 is 2.76 bits per heavy atom. The number of rotatable bonds is 2. The summed E-state index contributed by atoms with van der Waals surface area (Å²) >= 11 is 5.72. The van der Waals surface area contributed by atoms with Crippen LogP contribution in [0.25, 0.3) is 11.1 Å². The molecule has 0 aliphatic carbocycles. The number of carboxylic acid groups (broad SMARTS) is 1. The molecule has 0 radical (unpaired) electrons. The molecule has 0 saturated carbocycles. The molecule has 0 spiro atoms. The summed E-state index contributed by atoms with van der Waals surface area (Å²) < 4.78 is 13.2. The maximum atomic E-state index is 13.2. The van der Waals surface area contributed by atoms with Crippen molar-refractivity contribution in [1.82, 2.24) is 4.98 Å². The fraction of sp³-hybridized carbons (Fsp3) is 0. The van der Waals surface area contributed by atoms with Crippen LogP contribution < -0.4 is 0 Å². The van der Waals surface area contributed by atoms with Crippen LogP contribution in [0.15, 0.2) is 36.5 Å². The van der Waals surface area contributed by atoms with Gasteiger partial charge in [-0.1, -0.05) is 17.7 Å². The molecule has 1 heterocycles. The third-order valence-electron chi connectivity index (χ3n) is 2.18. The number of aromatic carboxylic acids is 1. The average molecular weight is 252 g/mol. The van der Waals surface area contributed by atoms with Crippen LogP contribution in [0.2, 0.25) is 5.02 Å². The van der Waals surface area contributed by atoms with E-state index in [1.54, 1.807) is 12.1 Å². The van der Waals surface area contributed by atoms with Gasteiger partial charge in [-0.25, -0.2) is 14.2 Å². The van der Waals surface area contributed by atoms with E-state index >= 15 is 0 Å². The number of aromatic nitrogens is 1. The predicted octanol–water partition coefficient (Wildman–Crippen LogP) is 3.24. The molecule has 17 heavy (non-hydrogen) atoms. The van der Waals surface area contributed by atoms with Gasteiger partial charge in [0.1, 0.15) is 5.82 Å². The average Bonchev–Trinajstić information content (AvgIpc) is 2.27. The molecule has 0 atom stereocenters. The quantitative estimate of drug-likeness (QED) is 0.891. The van der Waals surface area contributed by atoms with Gasteiger partial charge in [-0.2, -0.15) is 0 Å². The Morgan fingerprint density at radius 2 is 2.12 bits per heavy atom. The third kappa shape index (κ3) is 2.42. The zero-order valence-corrected chi connectivity index (χ0v) is 9.28. The monoisotopic (exact) mass is 251 g/mol. The lowest BCUT2D eigenvalue weighted by Crippen LogP contribution is -2.02. The summed E-state index contributed by atoms with van der Waals surface area (Å²) in [5.74, 6) is -1.69. The number of hydrogen-bond acceptors (Lipinski definition) is 2. The van der Waals surface area contributed by atoms with Crippen LogP contribution in [-0.2, 0) is 0 Å². The van der Waals surface area contributed by atoms with Gasteiger partial charge in [0.15, 0.2) is 5.69 Å². The first-order valence-corrected chi connectivity index (χ1v) is 5.10. The molecule has 0 fully saturated rings.